The highest BCUT2D eigenvalue weighted by molar-refractivity contribution is 6.59. The number of hydrogen-bond acceptors (Lipinski definition) is 4. The number of benzene rings is 1. The molecule has 0 aromatic heterocycles. The molecule has 5 nitrogen and oxygen atoms in total. The van der Waals surface area contributed by atoms with Crippen molar-refractivity contribution >= 4 is 47.6 Å². The average molecular weight is 306 g/mol. The molecule has 0 unspecified atom stereocenters. The smallest absolute Gasteiger partial charge is 0.444 e. The molecule has 0 atom stereocenters. The minimum atomic E-state index is -1.71. The van der Waals surface area contributed by atoms with Crippen LogP contribution in [0.25, 0.3) is 0 Å². The Morgan fingerprint density at radius 2 is 1.89 bits per heavy atom. The molecule has 1 aromatic carbocycles. The number of carbonyl (C=O) groups excluding carboxylic acids is 1. The van der Waals surface area contributed by atoms with Crippen LogP contribution in [0.4, 0.5) is 10.5 Å². The number of rotatable bonds is 2. The minimum Gasteiger partial charge on any atom is -0.444 e. The van der Waals surface area contributed by atoms with E-state index >= 15 is 0 Å². The van der Waals surface area contributed by atoms with Crippen LogP contribution in [-0.2, 0) is 4.74 Å². The van der Waals surface area contributed by atoms with Gasteiger partial charge in [0.25, 0.3) is 0 Å². The van der Waals surface area contributed by atoms with E-state index in [0.29, 0.717) is 0 Å². The molecule has 0 aliphatic carbocycles. The molecular weight excluding hydrogens is 292 g/mol. The molecule has 0 saturated carbocycles. The van der Waals surface area contributed by atoms with E-state index in [1.807, 2.05) is 0 Å². The molecule has 0 saturated heterocycles. The van der Waals surface area contributed by atoms with Crippen LogP contribution < -0.4 is 10.8 Å². The van der Waals surface area contributed by atoms with Gasteiger partial charge in [0, 0.05) is 0 Å². The molecular formula is C11H14BCl2NO4. The predicted molar refractivity (Wildman–Crippen MR) is 76.1 cm³/mol. The van der Waals surface area contributed by atoms with E-state index in [0.717, 1.165) is 0 Å². The minimum absolute atomic E-state index is 0.0944. The molecule has 8 heteroatoms. The summed E-state index contributed by atoms with van der Waals surface area (Å²) in [6, 6.07) is 2.61. The van der Waals surface area contributed by atoms with E-state index in [9.17, 15) is 4.79 Å². The monoisotopic (exact) mass is 305 g/mol. The van der Waals surface area contributed by atoms with Crippen molar-refractivity contribution in [1.29, 1.82) is 0 Å². The molecule has 1 rings (SSSR count). The van der Waals surface area contributed by atoms with Crippen LogP contribution in [0.5, 0.6) is 0 Å². The Balaban J connectivity index is 2.97. The van der Waals surface area contributed by atoms with Gasteiger partial charge in [0.1, 0.15) is 5.60 Å². The topological polar surface area (TPSA) is 78.8 Å². The zero-order valence-electron chi connectivity index (χ0n) is 10.7. The number of halogens is 2. The van der Waals surface area contributed by atoms with Crippen LogP contribution in [0.15, 0.2) is 12.1 Å². The van der Waals surface area contributed by atoms with Crippen molar-refractivity contribution in [3.8, 4) is 0 Å². The lowest BCUT2D eigenvalue weighted by molar-refractivity contribution is 0.0636. The third-order valence-electron chi connectivity index (χ3n) is 1.98. The molecule has 0 aliphatic heterocycles. The van der Waals surface area contributed by atoms with Gasteiger partial charge in [-0.3, -0.25) is 5.32 Å². The molecule has 0 spiro atoms. The fraction of sp³-hybridized carbons (Fsp3) is 0.364. The Bertz CT molecular complexity index is 488. The number of amides is 1. The SMILES string of the molecule is CC(C)(C)OC(=O)Nc1cc(B(O)O)cc(Cl)c1Cl. The molecule has 19 heavy (non-hydrogen) atoms. The Kier molecular flexibility index (Phi) is 5.09. The number of hydrogen-bond donors (Lipinski definition) is 3. The van der Waals surface area contributed by atoms with Gasteiger partial charge in [0.15, 0.2) is 0 Å². The highest BCUT2D eigenvalue weighted by Crippen LogP contribution is 2.29. The Labute approximate surface area is 121 Å². The standard InChI is InChI=1S/C11H14BCl2NO4/c1-11(2,3)19-10(16)15-8-5-6(12(17)18)4-7(13)9(8)14/h4-5,17-18H,1-3H3,(H,15,16). The Morgan fingerprint density at radius 1 is 1.32 bits per heavy atom. The van der Waals surface area contributed by atoms with E-state index in [1.165, 1.54) is 12.1 Å². The molecule has 3 N–H and O–H groups in total. The van der Waals surface area contributed by atoms with Crippen molar-refractivity contribution in [3.05, 3.63) is 22.2 Å². The van der Waals surface area contributed by atoms with Crippen molar-refractivity contribution in [1.82, 2.24) is 0 Å². The van der Waals surface area contributed by atoms with E-state index < -0.39 is 18.8 Å². The lowest BCUT2D eigenvalue weighted by Crippen LogP contribution is -2.31. The van der Waals surface area contributed by atoms with Crippen LogP contribution in [0.2, 0.25) is 10.0 Å². The number of ether oxygens (including phenoxy) is 1. The summed E-state index contributed by atoms with van der Waals surface area (Å²) in [5.74, 6) is 0. The summed E-state index contributed by atoms with van der Waals surface area (Å²) in [5, 5.41) is 20.8. The van der Waals surface area contributed by atoms with E-state index in [4.69, 9.17) is 38.0 Å². The van der Waals surface area contributed by atoms with E-state index in [1.54, 1.807) is 20.8 Å². The lowest BCUT2D eigenvalue weighted by atomic mass is 9.80. The van der Waals surface area contributed by atoms with Crippen LogP contribution in [0, 0.1) is 0 Å². The summed E-state index contributed by atoms with van der Waals surface area (Å²) >= 11 is 11.8. The summed E-state index contributed by atoms with van der Waals surface area (Å²) < 4.78 is 5.06. The molecule has 0 bridgehead atoms. The van der Waals surface area contributed by atoms with E-state index in [-0.39, 0.29) is 21.2 Å². The summed E-state index contributed by atoms with van der Waals surface area (Å²) in [4.78, 5) is 11.6. The predicted octanol–water partition coefficient (Wildman–Crippen LogP) is 2.02. The molecule has 104 valence electrons. The van der Waals surface area contributed by atoms with Crippen molar-refractivity contribution < 1.29 is 19.6 Å². The fourth-order valence-corrected chi connectivity index (χ4v) is 1.65. The van der Waals surface area contributed by atoms with Gasteiger partial charge < -0.3 is 14.8 Å². The van der Waals surface area contributed by atoms with Gasteiger partial charge >= 0.3 is 13.2 Å². The summed E-state index contributed by atoms with van der Waals surface area (Å²) in [6.45, 7) is 5.15. The largest absolute Gasteiger partial charge is 0.488 e. The zero-order chi connectivity index (χ0) is 14.8. The van der Waals surface area contributed by atoms with Crippen molar-refractivity contribution in [3.63, 3.8) is 0 Å². The maximum Gasteiger partial charge on any atom is 0.488 e. The third kappa shape index (κ3) is 4.91. The fourth-order valence-electron chi connectivity index (χ4n) is 1.26. The summed E-state index contributed by atoms with van der Waals surface area (Å²) in [6.07, 6.45) is -0.713. The highest BCUT2D eigenvalue weighted by atomic mass is 35.5. The zero-order valence-corrected chi connectivity index (χ0v) is 12.2. The van der Waals surface area contributed by atoms with Crippen LogP contribution in [-0.4, -0.2) is 28.9 Å². The van der Waals surface area contributed by atoms with Gasteiger partial charge in [0.05, 0.1) is 15.7 Å². The third-order valence-corrected chi connectivity index (χ3v) is 2.79. The average Bonchev–Trinajstić information content (AvgIpc) is 2.21. The van der Waals surface area contributed by atoms with E-state index in [2.05, 4.69) is 5.32 Å². The quantitative estimate of drug-likeness (QED) is 0.730. The van der Waals surface area contributed by atoms with Crippen LogP contribution >= 0.6 is 23.2 Å². The van der Waals surface area contributed by atoms with Crippen LogP contribution in [0.3, 0.4) is 0 Å². The first-order valence-corrected chi connectivity index (χ1v) is 6.21. The van der Waals surface area contributed by atoms with Gasteiger partial charge in [-0.15, -0.1) is 0 Å². The summed E-state index contributed by atoms with van der Waals surface area (Å²) in [7, 11) is -1.71. The highest BCUT2D eigenvalue weighted by Gasteiger charge is 2.20. The molecule has 0 heterocycles. The second-order valence-corrected chi connectivity index (χ2v) is 5.65. The van der Waals surface area contributed by atoms with Gasteiger partial charge in [-0.1, -0.05) is 23.2 Å². The van der Waals surface area contributed by atoms with Gasteiger partial charge in [0.2, 0.25) is 0 Å². The van der Waals surface area contributed by atoms with Crippen molar-refractivity contribution in [2.75, 3.05) is 5.32 Å². The van der Waals surface area contributed by atoms with Gasteiger partial charge in [-0.05, 0) is 38.4 Å². The Morgan fingerprint density at radius 3 is 2.37 bits per heavy atom. The first-order valence-electron chi connectivity index (χ1n) is 5.45. The van der Waals surface area contributed by atoms with Crippen LogP contribution in [0.1, 0.15) is 20.8 Å². The second-order valence-electron chi connectivity index (χ2n) is 4.86. The van der Waals surface area contributed by atoms with Crippen molar-refractivity contribution in [2.45, 2.75) is 26.4 Å². The maximum atomic E-state index is 11.6. The number of nitrogens with one attached hydrogen (secondary N) is 1. The number of carbonyl (C=O) groups is 1. The maximum absolute atomic E-state index is 11.6. The van der Waals surface area contributed by atoms with Gasteiger partial charge in [-0.25, -0.2) is 4.79 Å². The lowest BCUT2D eigenvalue weighted by Gasteiger charge is -2.20. The molecule has 0 fully saturated rings. The molecule has 0 aliphatic rings. The van der Waals surface area contributed by atoms with Crippen molar-refractivity contribution in [2.24, 2.45) is 0 Å². The normalized spacial score (nSPS) is 11.1. The second kappa shape index (κ2) is 6.01. The first kappa shape index (κ1) is 16.1. The summed E-state index contributed by atoms with van der Waals surface area (Å²) in [5.41, 5.74) is -0.402. The first-order chi connectivity index (χ1) is 8.60. The molecule has 0 radical (unpaired) electrons. The Hall–Kier alpha value is -0.945. The molecule has 1 aromatic rings. The van der Waals surface area contributed by atoms with Gasteiger partial charge in [-0.2, -0.15) is 0 Å². The number of anilines is 1. The molecule has 1 amide bonds.